The van der Waals surface area contributed by atoms with Crippen LogP contribution in [0.15, 0.2) is 34.9 Å². The molecule has 3 rings (SSSR count). The Morgan fingerprint density at radius 2 is 2.05 bits per heavy atom. The summed E-state index contributed by atoms with van der Waals surface area (Å²) in [6.07, 6.45) is 3.81. The lowest BCUT2D eigenvalue weighted by molar-refractivity contribution is 0.0950. The van der Waals surface area contributed by atoms with Gasteiger partial charge in [-0.3, -0.25) is 4.79 Å². The molecule has 1 aliphatic rings. The van der Waals surface area contributed by atoms with E-state index in [9.17, 15) is 4.79 Å². The highest BCUT2D eigenvalue weighted by atomic mass is 79.9. The number of rotatable bonds is 3. The molecular weight excluding hydrogens is 306 g/mol. The Kier molecular flexibility index (Phi) is 3.14. The highest BCUT2D eigenvalue weighted by Gasteiger charge is 2.25. The topological polar surface area (TPSA) is 46.9 Å². The molecule has 1 aliphatic carbocycles. The van der Waals surface area contributed by atoms with Crippen LogP contribution >= 0.6 is 15.9 Å². The average molecular weight is 320 g/mol. The molecule has 0 spiro atoms. The first-order chi connectivity index (χ1) is 9.15. The van der Waals surface area contributed by atoms with Crippen LogP contribution in [0, 0.1) is 6.92 Å². The van der Waals surface area contributed by atoms with Gasteiger partial charge in [-0.1, -0.05) is 15.9 Å². The van der Waals surface area contributed by atoms with Gasteiger partial charge in [0.1, 0.15) is 0 Å². The van der Waals surface area contributed by atoms with Crippen LogP contribution in [0.2, 0.25) is 0 Å². The molecule has 1 saturated carbocycles. The SMILES string of the molecule is Cc1c(C(=O)NC2CC2)cnn1-c1ccc(Br)cc1. The Balaban J connectivity index is 1.89. The predicted octanol–water partition coefficient (Wildman–Crippen LogP) is 2.84. The molecule has 0 atom stereocenters. The Morgan fingerprint density at radius 1 is 1.37 bits per heavy atom. The molecule has 1 fully saturated rings. The number of benzene rings is 1. The Bertz CT molecular complexity index is 614. The first-order valence-electron chi connectivity index (χ1n) is 6.26. The molecule has 1 heterocycles. The molecule has 2 aromatic rings. The maximum absolute atomic E-state index is 12.0. The number of halogens is 1. The van der Waals surface area contributed by atoms with Crippen molar-refractivity contribution in [3.05, 3.63) is 46.2 Å². The Hall–Kier alpha value is -1.62. The van der Waals surface area contributed by atoms with Crippen molar-refractivity contribution in [1.29, 1.82) is 0 Å². The third kappa shape index (κ3) is 2.56. The summed E-state index contributed by atoms with van der Waals surface area (Å²) < 4.78 is 2.81. The lowest BCUT2D eigenvalue weighted by Gasteiger charge is -2.06. The molecular formula is C14H14BrN3O. The maximum atomic E-state index is 12.0. The van der Waals surface area contributed by atoms with E-state index in [1.165, 1.54) is 0 Å². The summed E-state index contributed by atoms with van der Waals surface area (Å²) in [5.41, 5.74) is 2.46. The number of nitrogens with one attached hydrogen (secondary N) is 1. The summed E-state index contributed by atoms with van der Waals surface area (Å²) in [5, 5.41) is 7.29. The van der Waals surface area contributed by atoms with Crippen LogP contribution in [0.5, 0.6) is 0 Å². The minimum atomic E-state index is -0.0247. The van der Waals surface area contributed by atoms with Gasteiger partial charge in [-0.05, 0) is 44.0 Å². The molecule has 1 amide bonds. The lowest BCUT2D eigenvalue weighted by atomic mass is 10.2. The van der Waals surface area contributed by atoms with E-state index in [0.717, 1.165) is 28.7 Å². The van der Waals surface area contributed by atoms with Crippen LogP contribution in [0.25, 0.3) is 5.69 Å². The van der Waals surface area contributed by atoms with E-state index in [1.54, 1.807) is 10.9 Å². The van der Waals surface area contributed by atoms with Crippen LogP contribution in [0.3, 0.4) is 0 Å². The number of carbonyl (C=O) groups is 1. The van der Waals surface area contributed by atoms with Crippen LogP contribution in [0.1, 0.15) is 28.9 Å². The molecule has 4 nitrogen and oxygen atoms in total. The normalized spacial score (nSPS) is 14.4. The zero-order chi connectivity index (χ0) is 13.4. The van der Waals surface area contributed by atoms with Crippen LogP contribution in [0.4, 0.5) is 0 Å². The minimum absolute atomic E-state index is 0.0247. The van der Waals surface area contributed by atoms with Gasteiger partial charge in [0, 0.05) is 10.5 Å². The summed E-state index contributed by atoms with van der Waals surface area (Å²) in [7, 11) is 0. The number of amides is 1. The van der Waals surface area contributed by atoms with E-state index in [-0.39, 0.29) is 5.91 Å². The summed E-state index contributed by atoms with van der Waals surface area (Å²) in [6.45, 7) is 1.91. The first-order valence-corrected chi connectivity index (χ1v) is 7.06. The van der Waals surface area contributed by atoms with Crippen LogP contribution in [-0.4, -0.2) is 21.7 Å². The molecule has 0 saturated heterocycles. The molecule has 0 bridgehead atoms. The van der Waals surface area contributed by atoms with Gasteiger partial charge in [0.05, 0.1) is 23.1 Å². The fraction of sp³-hybridized carbons (Fsp3) is 0.286. The maximum Gasteiger partial charge on any atom is 0.254 e. The van der Waals surface area contributed by atoms with E-state index in [2.05, 4.69) is 26.3 Å². The second kappa shape index (κ2) is 4.81. The molecule has 1 aromatic carbocycles. The van der Waals surface area contributed by atoms with Crippen molar-refractivity contribution >= 4 is 21.8 Å². The van der Waals surface area contributed by atoms with Crippen molar-refractivity contribution < 1.29 is 4.79 Å². The van der Waals surface area contributed by atoms with E-state index in [4.69, 9.17) is 0 Å². The van der Waals surface area contributed by atoms with Crippen molar-refractivity contribution in [2.24, 2.45) is 0 Å². The van der Waals surface area contributed by atoms with E-state index < -0.39 is 0 Å². The molecule has 1 N–H and O–H groups in total. The molecule has 0 radical (unpaired) electrons. The van der Waals surface area contributed by atoms with Gasteiger partial charge < -0.3 is 5.32 Å². The number of carbonyl (C=O) groups excluding carboxylic acids is 1. The second-order valence-corrected chi connectivity index (χ2v) is 5.70. The largest absolute Gasteiger partial charge is 0.349 e. The highest BCUT2D eigenvalue weighted by molar-refractivity contribution is 9.10. The van der Waals surface area contributed by atoms with E-state index >= 15 is 0 Å². The molecule has 19 heavy (non-hydrogen) atoms. The number of hydrogen-bond donors (Lipinski definition) is 1. The number of aromatic nitrogens is 2. The number of nitrogens with zero attached hydrogens (tertiary/aromatic N) is 2. The number of hydrogen-bond acceptors (Lipinski definition) is 2. The predicted molar refractivity (Wildman–Crippen MR) is 76.5 cm³/mol. The lowest BCUT2D eigenvalue weighted by Crippen LogP contribution is -2.25. The average Bonchev–Trinajstić information content (AvgIpc) is 3.12. The minimum Gasteiger partial charge on any atom is -0.349 e. The monoisotopic (exact) mass is 319 g/mol. The molecule has 98 valence electrons. The second-order valence-electron chi connectivity index (χ2n) is 4.78. The van der Waals surface area contributed by atoms with Crippen molar-refractivity contribution in [2.45, 2.75) is 25.8 Å². The fourth-order valence-corrected chi connectivity index (χ4v) is 2.23. The van der Waals surface area contributed by atoms with Crippen LogP contribution in [-0.2, 0) is 0 Å². The van der Waals surface area contributed by atoms with Gasteiger partial charge in [0.2, 0.25) is 0 Å². The van der Waals surface area contributed by atoms with Gasteiger partial charge in [0.25, 0.3) is 5.91 Å². The fourth-order valence-electron chi connectivity index (χ4n) is 1.97. The molecule has 5 heteroatoms. The zero-order valence-corrected chi connectivity index (χ0v) is 12.1. The van der Waals surface area contributed by atoms with Gasteiger partial charge in [-0.15, -0.1) is 0 Å². The third-order valence-corrected chi connectivity index (χ3v) is 3.77. The van der Waals surface area contributed by atoms with Gasteiger partial charge in [-0.2, -0.15) is 5.10 Å². The zero-order valence-electron chi connectivity index (χ0n) is 10.6. The quantitative estimate of drug-likeness (QED) is 0.945. The standard InChI is InChI=1S/C14H14BrN3O/c1-9-13(14(19)17-11-4-5-11)8-16-18(9)12-6-2-10(15)3-7-12/h2-3,6-8,11H,4-5H2,1H3,(H,17,19). The van der Waals surface area contributed by atoms with Crippen LogP contribution < -0.4 is 5.32 Å². The van der Waals surface area contributed by atoms with Gasteiger partial charge in [-0.25, -0.2) is 4.68 Å². The van der Waals surface area contributed by atoms with Crippen molar-refractivity contribution in [2.75, 3.05) is 0 Å². The third-order valence-electron chi connectivity index (χ3n) is 3.24. The van der Waals surface area contributed by atoms with Gasteiger partial charge >= 0.3 is 0 Å². The molecule has 0 unspecified atom stereocenters. The Morgan fingerprint density at radius 3 is 2.68 bits per heavy atom. The highest BCUT2D eigenvalue weighted by Crippen LogP contribution is 2.21. The van der Waals surface area contributed by atoms with Crippen molar-refractivity contribution in [3.8, 4) is 5.69 Å². The van der Waals surface area contributed by atoms with E-state index in [1.807, 2.05) is 31.2 Å². The van der Waals surface area contributed by atoms with Crippen molar-refractivity contribution in [3.63, 3.8) is 0 Å². The Labute approximate surface area is 119 Å². The van der Waals surface area contributed by atoms with E-state index in [0.29, 0.717) is 11.6 Å². The summed E-state index contributed by atoms with van der Waals surface area (Å²) in [4.78, 5) is 12.0. The summed E-state index contributed by atoms with van der Waals surface area (Å²) in [5.74, 6) is -0.0247. The van der Waals surface area contributed by atoms with Gasteiger partial charge in [0.15, 0.2) is 0 Å². The summed E-state index contributed by atoms with van der Waals surface area (Å²) >= 11 is 3.41. The first kappa shape index (κ1) is 12.4. The molecule has 0 aliphatic heterocycles. The van der Waals surface area contributed by atoms with Crippen molar-refractivity contribution in [1.82, 2.24) is 15.1 Å². The summed E-state index contributed by atoms with van der Waals surface area (Å²) in [6, 6.07) is 8.21. The smallest absolute Gasteiger partial charge is 0.254 e. The molecule has 1 aromatic heterocycles.